The minimum absolute atomic E-state index is 0.399. The Balaban J connectivity index is 1.68. The first-order valence-corrected chi connectivity index (χ1v) is 7.14. The van der Waals surface area contributed by atoms with E-state index in [0.29, 0.717) is 11.7 Å². The Morgan fingerprint density at radius 2 is 1.95 bits per heavy atom. The number of rotatable bonds is 2. The van der Waals surface area contributed by atoms with Crippen molar-refractivity contribution < 1.29 is 17.9 Å². The molecule has 116 valence electrons. The van der Waals surface area contributed by atoms with Crippen LogP contribution >= 0.6 is 0 Å². The maximum atomic E-state index is 12.7. The molecule has 0 radical (unpaired) electrons. The van der Waals surface area contributed by atoms with Crippen LogP contribution in [0.3, 0.4) is 0 Å². The van der Waals surface area contributed by atoms with E-state index in [2.05, 4.69) is 9.88 Å². The first kappa shape index (κ1) is 14.6. The van der Waals surface area contributed by atoms with Crippen molar-refractivity contribution in [3.05, 3.63) is 24.0 Å². The van der Waals surface area contributed by atoms with Crippen LogP contribution in [-0.4, -0.2) is 55.3 Å². The molecule has 2 saturated heterocycles. The lowest BCUT2D eigenvalue weighted by Crippen LogP contribution is -2.44. The molecule has 1 aromatic rings. The molecule has 0 saturated carbocycles. The van der Waals surface area contributed by atoms with Gasteiger partial charge in [-0.1, -0.05) is 0 Å². The molecule has 0 aromatic carbocycles. The molecule has 3 rings (SSSR count). The topological polar surface area (TPSA) is 28.6 Å². The normalized spacial score (nSPS) is 24.5. The van der Waals surface area contributed by atoms with Crippen molar-refractivity contribution in [3.63, 3.8) is 0 Å². The molecule has 0 bridgehead atoms. The van der Waals surface area contributed by atoms with Crippen LogP contribution in [0.4, 0.5) is 18.9 Å². The van der Waals surface area contributed by atoms with Gasteiger partial charge in [-0.2, -0.15) is 13.2 Å². The third kappa shape index (κ3) is 3.29. The zero-order chi connectivity index (χ0) is 14.9. The number of halogens is 3. The first-order chi connectivity index (χ1) is 10.0. The summed E-state index contributed by atoms with van der Waals surface area (Å²) < 4.78 is 43.5. The minimum Gasteiger partial charge on any atom is -0.379 e. The Hall–Kier alpha value is -1.34. The summed E-state index contributed by atoms with van der Waals surface area (Å²) in [5.41, 5.74) is -0.220. The second-order valence-electron chi connectivity index (χ2n) is 5.43. The molecular weight excluding hydrogens is 283 g/mol. The summed E-state index contributed by atoms with van der Waals surface area (Å²) >= 11 is 0. The van der Waals surface area contributed by atoms with Gasteiger partial charge >= 0.3 is 6.18 Å². The predicted molar refractivity (Wildman–Crippen MR) is 72.2 cm³/mol. The van der Waals surface area contributed by atoms with Gasteiger partial charge in [-0.05, 0) is 18.6 Å². The van der Waals surface area contributed by atoms with Crippen LogP contribution < -0.4 is 4.90 Å². The Morgan fingerprint density at radius 1 is 1.19 bits per heavy atom. The molecule has 21 heavy (non-hydrogen) atoms. The van der Waals surface area contributed by atoms with E-state index in [4.69, 9.17) is 4.74 Å². The average Bonchev–Trinajstić information content (AvgIpc) is 2.97. The Kier molecular flexibility index (Phi) is 4.03. The predicted octanol–water partition coefficient (Wildman–Crippen LogP) is 2.01. The van der Waals surface area contributed by atoms with Crippen molar-refractivity contribution in [2.75, 3.05) is 44.3 Å². The molecule has 7 heteroatoms. The van der Waals surface area contributed by atoms with Crippen LogP contribution in [0.25, 0.3) is 0 Å². The first-order valence-electron chi connectivity index (χ1n) is 7.14. The van der Waals surface area contributed by atoms with Gasteiger partial charge in [0, 0.05) is 44.1 Å². The number of hydrogen-bond donors (Lipinski definition) is 0. The van der Waals surface area contributed by atoms with Gasteiger partial charge in [-0.3, -0.25) is 9.88 Å². The minimum atomic E-state index is -4.39. The molecule has 1 atom stereocenters. The van der Waals surface area contributed by atoms with Gasteiger partial charge in [0.05, 0.1) is 13.2 Å². The summed E-state index contributed by atoms with van der Waals surface area (Å²) in [5.74, 6) is 0. The number of hydrogen-bond acceptors (Lipinski definition) is 4. The van der Waals surface area contributed by atoms with E-state index in [-0.39, 0.29) is 0 Å². The van der Waals surface area contributed by atoms with Gasteiger partial charge in [-0.25, -0.2) is 0 Å². The summed E-state index contributed by atoms with van der Waals surface area (Å²) in [7, 11) is 0. The van der Waals surface area contributed by atoms with Crippen LogP contribution in [0, 0.1) is 0 Å². The quantitative estimate of drug-likeness (QED) is 0.835. The molecule has 4 nitrogen and oxygen atoms in total. The Morgan fingerprint density at radius 3 is 2.67 bits per heavy atom. The summed E-state index contributed by atoms with van der Waals surface area (Å²) in [6, 6.07) is 3.19. The van der Waals surface area contributed by atoms with E-state index in [1.165, 1.54) is 6.20 Å². The van der Waals surface area contributed by atoms with Crippen molar-refractivity contribution in [2.45, 2.75) is 18.6 Å². The van der Waals surface area contributed by atoms with Crippen molar-refractivity contribution in [1.29, 1.82) is 0 Å². The summed E-state index contributed by atoms with van der Waals surface area (Å²) in [5, 5.41) is 0. The molecule has 1 unspecified atom stereocenters. The summed E-state index contributed by atoms with van der Waals surface area (Å²) in [6.45, 7) is 4.84. The SMILES string of the molecule is FC(F)(F)c1cc(N2CCC(N3CCOCC3)C2)ccn1. The lowest BCUT2D eigenvalue weighted by molar-refractivity contribution is -0.141. The number of nitrogens with zero attached hydrogens (tertiary/aromatic N) is 3. The molecule has 0 aliphatic carbocycles. The Bertz CT molecular complexity index is 489. The van der Waals surface area contributed by atoms with Gasteiger partial charge in [0.15, 0.2) is 0 Å². The molecule has 1 aromatic heterocycles. The van der Waals surface area contributed by atoms with Crippen LogP contribution in [0.15, 0.2) is 18.3 Å². The molecule has 0 N–H and O–H groups in total. The van der Waals surface area contributed by atoms with Crippen LogP contribution in [0.5, 0.6) is 0 Å². The van der Waals surface area contributed by atoms with E-state index in [1.807, 2.05) is 4.90 Å². The second-order valence-corrected chi connectivity index (χ2v) is 5.43. The third-order valence-corrected chi connectivity index (χ3v) is 4.12. The lowest BCUT2D eigenvalue weighted by atomic mass is 10.2. The highest BCUT2D eigenvalue weighted by Gasteiger charge is 2.34. The molecule has 2 fully saturated rings. The molecule has 2 aliphatic heterocycles. The standard InChI is InChI=1S/C14H18F3N3O/c15-14(16,17)13-9-11(1-3-18-13)20-4-2-12(10-20)19-5-7-21-8-6-19/h1,3,9,12H,2,4-8,10H2. The van der Waals surface area contributed by atoms with Gasteiger partial charge in [0.2, 0.25) is 0 Å². The van der Waals surface area contributed by atoms with Crippen LogP contribution in [-0.2, 0) is 10.9 Å². The van der Waals surface area contributed by atoms with Crippen LogP contribution in [0.1, 0.15) is 12.1 Å². The van der Waals surface area contributed by atoms with Gasteiger partial charge in [-0.15, -0.1) is 0 Å². The molecule has 3 heterocycles. The number of pyridine rings is 1. The number of morpholine rings is 1. The van der Waals surface area contributed by atoms with Gasteiger partial charge in [0.25, 0.3) is 0 Å². The van der Waals surface area contributed by atoms with Crippen molar-refractivity contribution >= 4 is 5.69 Å². The van der Waals surface area contributed by atoms with Crippen LogP contribution in [0.2, 0.25) is 0 Å². The number of alkyl halides is 3. The lowest BCUT2D eigenvalue weighted by Gasteiger charge is -2.32. The highest BCUT2D eigenvalue weighted by Crippen LogP contribution is 2.31. The fraction of sp³-hybridized carbons (Fsp3) is 0.643. The second kappa shape index (κ2) is 5.81. The zero-order valence-electron chi connectivity index (χ0n) is 11.6. The van der Waals surface area contributed by atoms with E-state index in [0.717, 1.165) is 51.9 Å². The largest absolute Gasteiger partial charge is 0.433 e. The maximum absolute atomic E-state index is 12.7. The number of aromatic nitrogens is 1. The molecule has 2 aliphatic rings. The highest BCUT2D eigenvalue weighted by molar-refractivity contribution is 5.48. The van der Waals surface area contributed by atoms with E-state index < -0.39 is 11.9 Å². The molecular formula is C14H18F3N3O. The maximum Gasteiger partial charge on any atom is 0.433 e. The third-order valence-electron chi connectivity index (χ3n) is 4.12. The van der Waals surface area contributed by atoms with Crippen molar-refractivity contribution in [3.8, 4) is 0 Å². The molecule has 0 spiro atoms. The van der Waals surface area contributed by atoms with E-state index in [1.54, 1.807) is 6.07 Å². The zero-order valence-corrected chi connectivity index (χ0v) is 11.6. The summed E-state index contributed by atoms with van der Waals surface area (Å²) in [6.07, 6.45) is -2.18. The smallest absolute Gasteiger partial charge is 0.379 e. The van der Waals surface area contributed by atoms with Gasteiger partial charge in [0.1, 0.15) is 5.69 Å². The highest BCUT2D eigenvalue weighted by atomic mass is 19.4. The summed E-state index contributed by atoms with van der Waals surface area (Å²) in [4.78, 5) is 7.79. The fourth-order valence-corrected chi connectivity index (χ4v) is 2.99. The molecule has 0 amide bonds. The van der Waals surface area contributed by atoms with Crippen molar-refractivity contribution in [1.82, 2.24) is 9.88 Å². The fourth-order valence-electron chi connectivity index (χ4n) is 2.99. The monoisotopic (exact) mass is 301 g/mol. The van der Waals surface area contributed by atoms with Crippen molar-refractivity contribution in [2.24, 2.45) is 0 Å². The number of ether oxygens (including phenoxy) is 1. The van der Waals surface area contributed by atoms with E-state index >= 15 is 0 Å². The number of anilines is 1. The Labute approximate surface area is 121 Å². The van der Waals surface area contributed by atoms with Gasteiger partial charge < -0.3 is 9.64 Å². The van der Waals surface area contributed by atoms with E-state index in [9.17, 15) is 13.2 Å². The average molecular weight is 301 g/mol.